The molecule has 1 aliphatic heterocycles. The van der Waals surface area contributed by atoms with Crippen LogP contribution in [-0.2, 0) is 4.94 Å². The Kier molecular flexibility index (Phi) is 2.03. The molecule has 1 heterocycles. The van der Waals surface area contributed by atoms with Gasteiger partial charge in [0.15, 0.2) is 5.82 Å². The van der Waals surface area contributed by atoms with Gasteiger partial charge in [0.2, 0.25) is 0 Å². The molecule has 0 radical (unpaired) electrons. The number of aryl methyl sites for hydroxylation is 1. The fourth-order valence-corrected chi connectivity index (χ4v) is 1.25. The average Bonchev–Trinajstić information content (AvgIpc) is 2.48. The van der Waals surface area contributed by atoms with Crippen molar-refractivity contribution in [3.05, 3.63) is 41.8 Å². The van der Waals surface area contributed by atoms with Crippen molar-refractivity contribution in [3.63, 3.8) is 0 Å². The van der Waals surface area contributed by atoms with Crippen molar-refractivity contribution >= 4 is 5.69 Å². The van der Waals surface area contributed by atoms with Crippen molar-refractivity contribution in [2.75, 3.05) is 5.06 Å². The van der Waals surface area contributed by atoms with E-state index < -0.39 is 0 Å². The van der Waals surface area contributed by atoms with Crippen LogP contribution in [0.15, 0.2) is 36.3 Å². The molecule has 74 valence electrons. The molecule has 3 N–H and O–H groups in total. The van der Waals surface area contributed by atoms with Gasteiger partial charge in [-0.2, -0.15) is 5.06 Å². The van der Waals surface area contributed by atoms with Crippen LogP contribution in [0.25, 0.3) is 0 Å². The molecule has 0 fully saturated rings. The first-order valence-electron chi connectivity index (χ1n) is 4.18. The fraction of sp³-hybridized carbons (Fsp3) is 0.111. The Balaban J connectivity index is 2.30. The molecule has 0 aliphatic carbocycles. The lowest BCUT2D eigenvalue weighted by Gasteiger charge is -2.16. The zero-order chi connectivity index (χ0) is 10.1. The highest BCUT2D eigenvalue weighted by Crippen LogP contribution is 2.24. The van der Waals surface area contributed by atoms with E-state index in [-0.39, 0.29) is 5.82 Å². The third kappa shape index (κ3) is 1.39. The van der Waals surface area contributed by atoms with Crippen LogP contribution >= 0.6 is 0 Å². The molecule has 5 nitrogen and oxygen atoms in total. The zero-order valence-corrected chi connectivity index (χ0v) is 7.71. The first-order chi connectivity index (χ1) is 6.68. The normalized spacial score (nSPS) is 16.0. The molecule has 1 aliphatic rings. The van der Waals surface area contributed by atoms with E-state index in [2.05, 4.69) is 0 Å². The second-order valence-corrected chi connectivity index (χ2v) is 3.02. The molecule has 0 spiro atoms. The number of nitrogens with zero attached hydrogens (tertiary/aromatic N) is 2. The van der Waals surface area contributed by atoms with Gasteiger partial charge in [0, 0.05) is 0 Å². The van der Waals surface area contributed by atoms with Gasteiger partial charge in [0.25, 0.3) is 0 Å². The Hall–Kier alpha value is -1.72. The number of para-hydroxylation sites is 1. The second kappa shape index (κ2) is 3.21. The van der Waals surface area contributed by atoms with Gasteiger partial charge in [-0.15, -0.1) is 4.94 Å². The molecular weight excluding hydrogens is 182 g/mol. The standard InChI is InChI=1S/C9H11N3O2/c1-7-4-2-3-5-8(7)11-6-9(10)12(13)14-11/h2-6,13H,10H2,1H3. The van der Waals surface area contributed by atoms with Crippen molar-refractivity contribution in [1.29, 1.82) is 0 Å². The topological polar surface area (TPSA) is 62.0 Å². The van der Waals surface area contributed by atoms with Gasteiger partial charge in [-0.1, -0.05) is 23.4 Å². The molecule has 0 bridgehead atoms. The van der Waals surface area contributed by atoms with Crippen LogP contribution in [-0.4, -0.2) is 10.4 Å². The number of rotatable bonds is 1. The van der Waals surface area contributed by atoms with E-state index in [0.717, 1.165) is 11.3 Å². The largest absolute Gasteiger partial charge is 0.380 e. The summed E-state index contributed by atoms with van der Waals surface area (Å²) in [5.74, 6) is 0.147. The fourth-order valence-electron chi connectivity index (χ4n) is 1.25. The minimum atomic E-state index is 0.147. The van der Waals surface area contributed by atoms with Crippen molar-refractivity contribution in [1.82, 2.24) is 5.23 Å². The Morgan fingerprint density at radius 2 is 2.07 bits per heavy atom. The molecule has 0 atom stereocenters. The molecule has 0 saturated carbocycles. The Morgan fingerprint density at radius 3 is 2.64 bits per heavy atom. The Labute approximate surface area is 81.5 Å². The number of hydroxylamine groups is 3. The number of hydrogen-bond donors (Lipinski definition) is 2. The van der Waals surface area contributed by atoms with E-state index in [1.54, 1.807) is 0 Å². The number of anilines is 1. The summed E-state index contributed by atoms with van der Waals surface area (Å²) in [5, 5.41) is 11.0. The summed E-state index contributed by atoms with van der Waals surface area (Å²) in [5.41, 5.74) is 7.30. The van der Waals surface area contributed by atoms with Gasteiger partial charge in [-0.3, -0.25) is 5.21 Å². The first kappa shape index (κ1) is 8.86. The Bertz CT molecular complexity index is 378. The maximum Gasteiger partial charge on any atom is 0.176 e. The molecule has 1 aromatic carbocycles. The molecular formula is C9H11N3O2. The highest BCUT2D eigenvalue weighted by molar-refractivity contribution is 5.53. The third-order valence-corrected chi connectivity index (χ3v) is 1.99. The predicted molar refractivity (Wildman–Crippen MR) is 50.6 cm³/mol. The average molecular weight is 193 g/mol. The van der Waals surface area contributed by atoms with Crippen LogP contribution in [0.3, 0.4) is 0 Å². The van der Waals surface area contributed by atoms with Crippen LogP contribution < -0.4 is 10.8 Å². The van der Waals surface area contributed by atoms with E-state index >= 15 is 0 Å². The van der Waals surface area contributed by atoms with Crippen LogP contribution in [0.1, 0.15) is 5.56 Å². The minimum Gasteiger partial charge on any atom is -0.380 e. The van der Waals surface area contributed by atoms with Crippen molar-refractivity contribution in [2.24, 2.45) is 5.73 Å². The SMILES string of the molecule is Cc1ccccc1N1C=C(N)N(O)O1. The van der Waals surface area contributed by atoms with E-state index in [1.807, 2.05) is 31.2 Å². The lowest BCUT2D eigenvalue weighted by molar-refractivity contribution is -0.304. The van der Waals surface area contributed by atoms with Crippen LogP contribution in [0.4, 0.5) is 5.69 Å². The van der Waals surface area contributed by atoms with Crippen molar-refractivity contribution in [3.8, 4) is 0 Å². The highest BCUT2D eigenvalue weighted by Gasteiger charge is 2.20. The minimum absolute atomic E-state index is 0.147. The third-order valence-electron chi connectivity index (χ3n) is 1.99. The van der Waals surface area contributed by atoms with Gasteiger partial charge in [-0.25, -0.2) is 0 Å². The maximum absolute atomic E-state index is 9.10. The first-order valence-corrected chi connectivity index (χ1v) is 4.18. The van der Waals surface area contributed by atoms with Crippen molar-refractivity contribution in [2.45, 2.75) is 6.92 Å². The lowest BCUT2D eigenvalue weighted by Crippen LogP contribution is -2.23. The summed E-state index contributed by atoms with van der Waals surface area (Å²) in [7, 11) is 0. The summed E-state index contributed by atoms with van der Waals surface area (Å²) >= 11 is 0. The smallest absolute Gasteiger partial charge is 0.176 e. The van der Waals surface area contributed by atoms with Gasteiger partial charge in [0.05, 0.1) is 11.9 Å². The summed E-state index contributed by atoms with van der Waals surface area (Å²) in [6.45, 7) is 1.95. The quantitative estimate of drug-likeness (QED) is 0.699. The highest BCUT2D eigenvalue weighted by atomic mass is 17.0. The van der Waals surface area contributed by atoms with Gasteiger partial charge in [-0.05, 0) is 18.6 Å². The summed E-state index contributed by atoms with van der Waals surface area (Å²) in [4.78, 5) is 4.95. The van der Waals surface area contributed by atoms with Gasteiger partial charge >= 0.3 is 0 Å². The Morgan fingerprint density at radius 1 is 1.36 bits per heavy atom. The molecule has 0 saturated heterocycles. The molecule has 5 heteroatoms. The number of hydrogen-bond acceptors (Lipinski definition) is 5. The predicted octanol–water partition coefficient (Wildman–Crippen LogP) is 1.11. The molecule has 0 unspecified atom stereocenters. The number of nitrogens with two attached hydrogens (primary N) is 1. The van der Waals surface area contributed by atoms with Crippen LogP contribution in [0, 0.1) is 6.92 Å². The molecule has 0 aromatic heterocycles. The van der Waals surface area contributed by atoms with Crippen LogP contribution in [0.2, 0.25) is 0 Å². The zero-order valence-electron chi connectivity index (χ0n) is 7.71. The molecule has 2 rings (SSSR count). The summed E-state index contributed by atoms with van der Waals surface area (Å²) in [6.07, 6.45) is 1.50. The molecule has 1 aromatic rings. The monoisotopic (exact) mass is 193 g/mol. The molecule has 14 heavy (non-hydrogen) atoms. The van der Waals surface area contributed by atoms with Crippen LogP contribution in [0.5, 0.6) is 0 Å². The van der Waals surface area contributed by atoms with E-state index in [4.69, 9.17) is 15.9 Å². The second-order valence-electron chi connectivity index (χ2n) is 3.02. The van der Waals surface area contributed by atoms with Crippen molar-refractivity contribution < 1.29 is 10.1 Å². The summed E-state index contributed by atoms with van der Waals surface area (Å²) < 4.78 is 0. The van der Waals surface area contributed by atoms with E-state index in [1.165, 1.54) is 11.3 Å². The van der Waals surface area contributed by atoms with E-state index in [9.17, 15) is 0 Å². The van der Waals surface area contributed by atoms with Gasteiger partial charge in [0.1, 0.15) is 0 Å². The van der Waals surface area contributed by atoms with Gasteiger partial charge < -0.3 is 5.73 Å². The lowest BCUT2D eigenvalue weighted by atomic mass is 10.2. The van der Waals surface area contributed by atoms with E-state index in [0.29, 0.717) is 5.23 Å². The summed E-state index contributed by atoms with van der Waals surface area (Å²) in [6, 6.07) is 7.63. The number of benzene rings is 1. The maximum atomic E-state index is 9.10. The molecule has 0 amide bonds.